The van der Waals surface area contributed by atoms with Gasteiger partial charge in [-0.25, -0.2) is 9.97 Å². The summed E-state index contributed by atoms with van der Waals surface area (Å²) in [5, 5.41) is 3.26. The van der Waals surface area contributed by atoms with Crippen LogP contribution in [0.3, 0.4) is 0 Å². The normalized spacial score (nSPS) is 21.8. The quantitative estimate of drug-likeness (QED) is 0.910. The van der Waals surface area contributed by atoms with Gasteiger partial charge in [-0.1, -0.05) is 0 Å². The van der Waals surface area contributed by atoms with Crippen LogP contribution in [0.4, 0.5) is 5.95 Å². The van der Waals surface area contributed by atoms with Crippen LogP contribution in [0.25, 0.3) is 0 Å². The third-order valence-corrected chi connectivity index (χ3v) is 5.93. The average molecular weight is 358 g/mol. The number of carbonyl (C=O) groups is 1. The maximum absolute atomic E-state index is 12.4. The topological polar surface area (TPSA) is 67.4 Å². The fraction of sp³-hybridized carbons (Fsp3) is 0.500. The minimum atomic E-state index is -0.123. The Hall–Kier alpha value is -1.99. The van der Waals surface area contributed by atoms with Crippen molar-refractivity contribution in [1.29, 1.82) is 0 Å². The van der Waals surface area contributed by atoms with Gasteiger partial charge in [-0.05, 0) is 43.9 Å². The fourth-order valence-corrected chi connectivity index (χ4v) is 4.29. The van der Waals surface area contributed by atoms with Crippen molar-refractivity contribution in [3.05, 3.63) is 40.3 Å². The van der Waals surface area contributed by atoms with Crippen LogP contribution in [0.15, 0.2) is 30.6 Å². The van der Waals surface area contributed by atoms with E-state index in [2.05, 4.69) is 15.3 Å². The summed E-state index contributed by atoms with van der Waals surface area (Å²) in [6.45, 7) is 4.99. The number of carbonyl (C=O) groups excluding carboxylic acids is 1. The number of aryl methyl sites for hydroxylation is 1. The fourth-order valence-electron chi connectivity index (χ4n) is 3.45. The molecule has 1 amide bonds. The number of anilines is 1. The van der Waals surface area contributed by atoms with Gasteiger partial charge in [0, 0.05) is 23.8 Å². The molecular weight excluding hydrogens is 336 g/mol. The Balaban J connectivity index is 1.24. The van der Waals surface area contributed by atoms with Crippen LogP contribution in [0.2, 0.25) is 0 Å². The maximum atomic E-state index is 12.4. The Labute approximate surface area is 151 Å². The molecule has 0 unspecified atom stereocenters. The maximum Gasteiger partial charge on any atom is 0.264 e. The Morgan fingerprint density at radius 2 is 2.20 bits per heavy atom. The van der Waals surface area contributed by atoms with E-state index < -0.39 is 0 Å². The van der Waals surface area contributed by atoms with Crippen LogP contribution in [0.1, 0.15) is 27.4 Å². The Bertz CT molecular complexity index is 733. The van der Waals surface area contributed by atoms with Crippen LogP contribution in [0, 0.1) is 12.8 Å². The molecule has 2 aromatic heterocycles. The predicted molar refractivity (Wildman–Crippen MR) is 96.9 cm³/mol. The minimum absolute atomic E-state index is 0.123. The Morgan fingerprint density at radius 1 is 1.40 bits per heavy atom. The molecule has 0 bridgehead atoms. The summed E-state index contributed by atoms with van der Waals surface area (Å²) in [4.78, 5) is 24.7. The average Bonchev–Trinajstić information content (AvgIpc) is 3.05. The highest BCUT2D eigenvalue weighted by Crippen LogP contribution is 2.37. The van der Waals surface area contributed by atoms with Crippen molar-refractivity contribution in [2.24, 2.45) is 5.92 Å². The molecule has 1 N–H and O–H groups in total. The molecule has 2 aliphatic rings. The smallest absolute Gasteiger partial charge is 0.264 e. The highest BCUT2D eigenvalue weighted by Gasteiger charge is 2.48. The molecule has 1 atom stereocenters. The number of hydrogen-bond donors (Lipinski definition) is 1. The van der Waals surface area contributed by atoms with Crippen molar-refractivity contribution in [3.63, 3.8) is 0 Å². The number of ether oxygens (including phenoxy) is 1. The molecule has 4 heterocycles. The second-order valence-electron chi connectivity index (χ2n) is 6.92. The van der Waals surface area contributed by atoms with Crippen LogP contribution in [-0.4, -0.2) is 52.6 Å². The van der Waals surface area contributed by atoms with Gasteiger partial charge < -0.3 is 15.0 Å². The molecular formula is C18H22N4O2S. The molecule has 0 aromatic carbocycles. The zero-order chi connectivity index (χ0) is 17.3. The van der Waals surface area contributed by atoms with Crippen molar-refractivity contribution in [2.75, 3.05) is 31.6 Å². The molecule has 0 radical (unpaired) electrons. The number of nitrogens with zero attached hydrogens (tertiary/aromatic N) is 3. The van der Waals surface area contributed by atoms with Gasteiger partial charge in [-0.15, -0.1) is 11.3 Å². The molecule has 2 aromatic rings. The molecule has 132 valence electrons. The lowest BCUT2D eigenvalue weighted by Crippen LogP contribution is -2.66. The number of thiophene rings is 1. The van der Waals surface area contributed by atoms with E-state index in [1.165, 1.54) is 4.88 Å². The predicted octanol–water partition coefficient (Wildman–Crippen LogP) is 2.58. The summed E-state index contributed by atoms with van der Waals surface area (Å²) in [5.74, 6) is 1.26. The van der Waals surface area contributed by atoms with Gasteiger partial charge >= 0.3 is 0 Å². The monoisotopic (exact) mass is 358 g/mol. The highest BCUT2D eigenvalue weighted by molar-refractivity contribution is 7.13. The van der Waals surface area contributed by atoms with Crippen LogP contribution >= 0.6 is 11.3 Å². The van der Waals surface area contributed by atoms with Gasteiger partial charge in [0.25, 0.3) is 5.91 Å². The van der Waals surface area contributed by atoms with Gasteiger partial charge in [0.05, 0.1) is 24.6 Å². The summed E-state index contributed by atoms with van der Waals surface area (Å²) in [6, 6.07) is 5.72. The van der Waals surface area contributed by atoms with E-state index in [4.69, 9.17) is 4.74 Å². The number of nitrogens with one attached hydrogen (secondary N) is 1. The van der Waals surface area contributed by atoms with Gasteiger partial charge in [-0.3, -0.25) is 4.79 Å². The van der Waals surface area contributed by atoms with Crippen molar-refractivity contribution >= 4 is 23.2 Å². The third kappa shape index (κ3) is 3.52. The number of likely N-dealkylation sites (tertiary alicyclic amines) is 1. The lowest BCUT2D eigenvalue weighted by atomic mass is 9.83. The molecule has 0 saturated carbocycles. The number of rotatable bonds is 4. The molecule has 2 saturated heterocycles. The van der Waals surface area contributed by atoms with E-state index in [-0.39, 0.29) is 11.5 Å². The van der Waals surface area contributed by atoms with E-state index >= 15 is 0 Å². The summed E-state index contributed by atoms with van der Waals surface area (Å²) in [6.07, 6.45) is 5.57. The third-order valence-electron chi connectivity index (χ3n) is 4.94. The van der Waals surface area contributed by atoms with E-state index in [0.29, 0.717) is 25.0 Å². The standard InChI is InChI=1S/C18H22N4O2S/c1-13-3-4-15(25-13)16(23)22-11-18(12-22)6-5-14(10-24-18)9-21-17-19-7-2-8-20-17/h2-4,7-8,14H,5-6,9-12H2,1H3,(H,19,20,21)/t14-/m1/s1. The summed E-state index contributed by atoms with van der Waals surface area (Å²) < 4.78 is 6.15. The first-order valence-electron chi connectivity index (χ1n) is 8.64. The van der Waals surface area contributed by atoms with Gasteiger partial charge in [-0.2, -0.15) is 0 Å². The first-order valence-corrected chi connectivity index (χ1v) is 9.46. The van der Waals surface area contributed by atoms with Crippen LogP contribution in [0.5, 0.6) is 0 Å². The van der Waals surface area contributed by atoms with Crippen molar-refractivity contribution in [1.82, 2.24) is 14.9 Å². The molecule has 2 fully saturated rings. The Morgan fingerprint density at radius 3 is 2.84 bits per heavy atom. The van der Waals surface area contributed by atoms with E-state index in [1.54, 1.807) is 29.8 Å². The van der Waals surface area contributed by atoms with Crippen LogP contribution in [-0.2, 0) is 4.74 Å². The number of amides is 1. The molecule has 7 heteroatoms. The molecule has 4 rings (SSSR count). The van der Waals surface area contributed by atoms with Crippen molar-refractivity contribution in [3.8, 4) is 0 Å². The van der Waals surface area contributed by atoms with Gasteiger partial charge in [0.2, 0.25) is 5.95 Å². The van der Waals surface area contributed by atoms with Crippen molar-refractivity contribution in [2.45, 2.75) is 25.4 Å². The highest BCUT2D eigenvalue weighted by atomic mass is 32.1. The molecule has 6 nitrogen and oxygen atoms in total. The molecule has 0 aliphatic carbocycles. The van der Waals surface area contributed by atoms with Crippen LogP contribution < -0.4 is 5.32 Å². The summed E-state index contributed by atoms with van der Waals surface area (Å²) in [5.41, 5.74) is -0.123. The zero-order valence-corrected chi connectivity index (χ0v) is 15.1. The molecule has 25 heavy (non-hydrogen) atoms. The molecule has 1 spiro atoms. The van der Waals surface area contributed by atoms with E-state index in [0.717, 1.165) is 30.9 Å². The minimum Gasteiger partial charge on any atom is -0.371 e. The first kappa shape index (κ1) is 16.5. The van der Waals surface area contributed by atoms with Gasteiger partial charge in [0.1, 0.15) is 5.60 Å². The first-order chi connectivity index (χ1) is 12.1. The zero-order valence-electron chi connectivity index (χ0n) is 14.3. The number of aromatic nitrogens is 2. The van der Waals surface area contributed by atoms with E-state index in [1.807, 2.05) is 24.0 Å². The summed E-state index contributed by atoms with van der Waals surface area (Å²) in [7, 11) is 0. The SMILES string of the molecule is Cc1ccc(C(=O)N2CC3(CC[C@H](CNc4ncccn4)CO3)C2)s1. The second kappa shape index (κ2) is 6.72. The second-order valence-corrected chi connectivity index (χ2v) is 8.21. The van der Waals surface area contributed by atoms with Gasteiger partial charge in [0.15, 0.2) is 0 Å². The summed E-state index contributed by atoms with van der Waals surface area (Å²) >= 11 is 1.56. The number of hydrogen-bond acceptors (Lipinski definition) is 6. The largest absolute Gasteiger partial charge is 0.371 e. The van der Waals surface area contributed by atoms with E-state index in [9.17, 15) is 4.79 Å². The molecule has 2 aliphatic heterocycles. The Kier molecular flexibility index (Phi) is 4.43. The lowest BCUT2D eigenvalue weighted by molar-refractivity contribution is -0.165. The van der Waals surface area contributed by atoms with Crippen molar-refractivity contribution < 1.29 is 9.53 Å². The lowest BCUT2D eigenvalue weighted by Gasteiger charge is -2.52.